The first-order valence-electron chi connectivity index (χ1n) is 9.73. The van der Waals surface area contributed by atoms with E-state index < -0.39 is 5.63 Å². The molecular formula is C25H16Cl2O5. The third-order valence-electron chi connectivity index (χ3n) is 5.10. The Morgan fingerprint density at radius 2 is 1.78 bits per heavy atom. The Kier molecular flexibility index (Phi) is 5.29. The second-order valence-corrected chi connectivity index (χ2v) is 7.98. The summed E-state index contributed by atoms with van der Waals surface area (Å²) < 4.78 is 22.8. The number of furan rings is 1. The average molecular weight is 467 g/mol. The zero-order valence-corrected chi connectivity index (χ0v) is 18.4. The van der Waals surface area contributed by atoms with E-state index in [9.17, 15) is 4.79 Å². The molecule has 0 fully saturated rings. The van der Waals surface area contributed by atoms with E-state index in [1.165, 1.54) is 6.07 Å². The number of hydrogen-bond acceptors (Lipinski definition) is 5. The maximum atomic E-state index is 12.2. The molecule has 0 aliphatic carbocycles. The van der Waals surface area contributed by atoms with Crippen LogP contribution in [0.2, 0.25) is 10.0 Å². The fraction of sp³-hybridized carbons (Fsp3) is 0.0800. The molecule has 0 aliphatic rings. The molecular weight excluding hydrogens is 451 g/mol. The number of ether oxygens (including phenoxy) is 2. The minimum Gasteiger partial charge on any atom is -0.493 e. The minimum absolute atomic E-state index is 0.302. The zero-order valence-electron chi connectivity index (χ0n) is 16.9. The van der Waals surface area contributed by atoms with Gasteiger partial charge in [0.05, 0.1) is 17.2 Å². The molecule has 0 bridgehead atoms. The predicted molar refractivity (Wildman–Crippen MR) is 125 cm³/mol. The number of rotatable bonds is 5. The van der Waals surface area contributed by atoms with Crippen LogP contribution in [0.15, 0.2) is 80.4 Å². The standard InChI is InChI=1S/C25H16Cl2O5/c1-29-22-4-2-3-15-10-23(32-25(15)22)18-12-24(28)31-21-8-6-16(11-17(18)21)30-13-14-5-7-19(26)20(27)9-14/h2-12H,13H2,1H3. The van der Waals surface area contributed by atoms with Crippen molar-refractivity contribution in [3.63, 3.8) is 0 Å². The Labute approximate surface area is 192 Å². The lowest BCUT2D eigenvalue weighted by Gasteiger charge is -2.09. The third-order valence-corrected chi connectivity index (χ3v) is 5.84. The molecule has 160 valence electrons. The van der Waals surface area contributed by atoms with E-state index in [1.54, 1.807) is 31.4 Å². The van der Waals surface area contributed by atoms with E-state index in [-0.39, 0.29) is 0 Å². The molecule has 0 unspecified atom stereocenters. The first-order valence-corrected chi connectivity index (χ1v) is 10.5. The summed E-state index contributed by atoms with van der Waals surface area (Å²) >= 11 is 12.1. The van der Waals surface area contributed by atoms with Crippen LogP contribution in [0.1, 0.15) is 5.56 Å². The molecule has 0 saturated carbocycles. The van der Waals surface area contributed by atoms with Gasteiger partial charge in [-0.15, -0.1) is 0 Å². The molecule has 0 aliphatic heterocycles. The zero-order chi connectivity index (χ0) is 22.2. The molecule has 0 saturated heterocycles. The summed E-state index contributed by atoms with van der Waals surface area (Å²) in [5.41, 5.74) is 2.06. The largest absolute Gasteiger partial charge is 0.493 e. The minimum atomic E-state index is -0.468. The van der Waals surface area contributed by atoms with Crippen LogP contribution in [0.25, 0.3) is 33.3 Å². The number of methoxy groups -OCH3 is 1. The van der Waals surface area contributed by atoms with Crippen LogP contribution >= 0.6 is 23.2 Å². The second kappa shape index (κ2) is 8.26. The third kappa shape index (κ3) is 3.81. The lowest BCUT2D eigenvalue weighted by molar-refractivity contribution is 0.306. The van der Waals surface area contributed by atoms with Crippen LogP contribution in [-0.2, 0) is 6.61 Å². The number of halogens is 2. The lowest BCUT2D eigenvalue weighted by Crippen LogP contribution is -1.99. The second-order valence-electron chi connectivity index (χ2n) is 7.16. The van der Waals surface area contributed by atoms with Gasteiger partial charge in [0.2, 0.25) is 0 Å². The van der Waals surface area contributed by atoms with E-state index in [2.05, 4.69) is 0 Å². The van der Waals surface area contributed by atoms with Crippen molar-refractivity contribution >= 4 is 45.1 Å². The smallest absolute Gasteiger partial charge is 0.336 e. The molecule has 0 spiro atoms. The van der Waals surface area contributed by atoms with E-state index in [0.717, 1.165) is 10.9 Å². The van der Waals surface area contributed by atoms with Gasteiger partial charge < -0.3 is 18.3 Å². The molecule has 0 atom stereocenters. The van der Waals surface area contributed by atoms with Crippen LogP contribution in [0, 0.1) is 0 Å². The molecule has 2 aromatic heterocycles. The van der Waals surface area contributed by atoms with Gasteiger partial charge in [-0.25, -0.2) is 4.79 Å². The van der Waals surface area contributed by atoms with E-state index >= 15 is 0 Å². The van der Waals surface area contributed by atoms with Crippen molar-refractivity contribution in [3.8, 4) is 22.8 Å². The Morgan fingerprint density at radius 1 is 0.906 bits per heavy atom. The average Bonchev–Trinajstić information content (AvgIpc) is 3.23. The quantitative estimate of drug-likeness (QED) is 0.258. The van der Waals surface area contributed by atoms with Crippen molar-refractivity contribution in [3.05, 3.63) is 92.8 Å². The van der Waals surface area contributed by atoms with Crippen LogP contribution in [0.4, 0.5) is 0 Å². The Morgan fingerprint density at radius 3 is 2.59 bits per heavy atom. The highest BCUT2D eigenvalue weighted by atomic mass is 35.5. The molecule has 5 aromatic rings. The monoisotopic (exact) mass is 466 g/mol. The molecule has 0 N–H and O–H groups in total. The summed E-state index contributed by atoms with van der Waals surface area (Å²) in [6, 6.07) is 19.5. The summed E-state index contributed by atoms with van der Waals surface area (Å²) in [4.78, 5) is 12.2. The molecule has 32 heavy (non-hydrogen) atoms. The maximum absolute atomic E-state index is 12.2. The molecule has 5 rings (SSSR count). The summed E-state index contributed by atoms with van der Waals surface area (Å²) in [6.45, 7) is 0.302. The Hall–Kier alpha value is -3.41. The highest BCUT2D eigenvalue weighted by molar-refractivity contribution is 6.42. The van der Waals surface area contributed by atoms with Crippen LogP contribution in [-0.4, -0.2) is 7.11 Å². The van der Waals surface area contributed by atoms with Gasteiger partial charge in [-0.1, -0.05) is 41.4 Å². The van der Waals surface area contributed by atoms with E-state index in [1.807, 2.05) is 36.4 Å². The fourth-order valence-electron chi connectivity index (χ4n) is 3.56. The van der Waals surface area contributed by atoms with Crippen LogP contribution in [0.3, 0.4) is 0 Å². The molecule has 0 amide bonds. The van der Waals surface area contributed by atoms with Crippen molar-refractivity contribution in [2.45, 2.75) is 6.61 Å². The van der Waals surface area contributed by atoms with E-state index in [0.29, 0.717) is 56.0 Å². The first kappa shape index (κ1) is 20.5. The SMILES string of the molecule is COc1cccc2cc(-c3cc(=O)oc4ccc(OCc5ccc(Cl)c(Cl)c5)cc34)oc12. The van der Waals surface area contributed by atoms with Gasteiger partial charge in [0.1, 0.15) is 23.7 Å². The molecule has 5 nitrogen and oxygen atoms in total. The Balaban J connectivity index is 1.55. The number of fused-ring (bicyclic) bond motifs is 2. The van der Waals surface area contributed by atoms with Crippen molar-refractivity contribution in [1.29, 1.82) is 0 Å². The first-order chi connectivity index (χ1) is 15.5. The van der Waals surface area contributed by atoms with Gasteiger partial charge in [-0.05, 0) is 48.0 Å². The van der Waals surface area contributed by atoms with Crippen molar-refractivity contribution in [2.24, 2.45) is 0 Å². The van der Waals surface area contributed by atoms with Gasteiger partial charge in [0.25, 0.3) is 0 Å². The summed E-state index contributed by atoms with van der Waals surface area (Å²) in [6.07, 6.45) is 0. The van der Waals surface area contributed by atoms with Crippen molar-refractivity contribution in [2.75, 3.05) is 7.11 Å². The van der Waals surface area contributed by atoms with Gasteiger partial charge in [0, 0.05) is 22.4 Å². The summed E-state index contributed by atoms with van der Waals surface area (Å²) in [5, 5.41) is 2.51. The summed E-state index contributed by atoms with van der Waals surface area (Å²) in [7, 11) is 1.58. The highest BCUT2D eigenvalue weighted by Gasteiger charge is 2.15. The normalized spacial score (nSPS) is 11.2. The fourth-order valence-corrected chi connectivity index (χ4v) is 3.88. The van der Waals surface area contributed by atoms with Gasteiger partial charge in [-0.2, -0.15) is 0 Å². The Bertz CT molecular complexity index is 1520. The predicted octanol–water partition coefficient (Wildman–Crippen LogP) is 7.10. The van der Waals surface area contributed by atoms with Crippen LogP contribution in [0.5, 0.6) is 11.5 Å². The molecule has 7 heteroatoms. The number of para-hydroxylation sites is 1. The van der Waals surface area contributed by atoms with Gasteiger partial charge in [0.15, 0.2) is 11.3 Å². The molecule has 2 heterocycles. The summed E-state index contributed by atoms with van der Waals surface area (Å²) in [5.74, 6) is 1.75. The topological polar surface area (TPSA) is 61.8 Å². The molecule has 3 aromatic carbocycles. The van der Waals surface area contributed by atoms with E-state index in [4.69, 9.17) is 41.5 Å². The van der Waals surface area contributed by atoms with Gasteiger partial charge in [-0.3, -0.25) is 0 Å². The van der Waals surface area contributed by atoms with Crippen LogP contribution < -0.4 is 15.1 Å². The maximum Gasteiger partial charge on any atom is 0.336 e. The lowest BCUT2D eigenvalue weighted by atomic mass is 10.1. The molecule has 0 radical (unpaired) electrons. The van der Waals surface area contributed by atoms with Crippen molar-refractivity contribution in [1.82, 2.24) is 0 Å². The van der Waals surface area contributed by atoms with Crippen molar-refractivity contribution < 1.29 is 18.3 Å². The van der Waals surface area contributed by atoms with Gasteiger partial charge >= 0.3 is 5.63 Å². The number of hydrogen-bond donors (Lipinski definition) is 0. The highest BCUT2D eigenvalue weighted by Crippen LogP contribution is 2.36. The number of benzene rings is 3.